The van der Waals surface area contributed by atoms with Crippen molar-refractivity contribution < 1.29 is 9.90 Å². The van der Waals surface area contributed by atoms with E-state index in [9.17, 15) is 14.7 Å². The van der Waals surface area contributed by atoms with E-state index in [0.717, 1.165) is 11.8 Å². The Hall–Kier alpha value is -2.48. The molecule has 1 unspecified atom stereocenters. The lowest BCUT2D eigenvalue weighted by molar-refractivity contribution is -0.115. The van der Waals surface area contributed by atoms with E-state index in [0.29, 0.717) is 5.69 Å². The van der Waals surface area contributed by atoms with Crippen LogP contribution in [0.1, 0.15) is 6.92 Å². The number of rotatable bonds is 4. The third-order valence-electron chi connectivity index (χ3n) is 2.53. The molecule has 0 bridgehead atoms. The number of thioether (sulfide) groups is 1. The number of carbonyl (C=O) groups excluding carboxylic acids is 1. The normalized spacial score (nSPS) is 11.9. The fourth-order valence-corrected chi connectivity index (χ4v) is 2.34. The van der Waals surface area contributed by atoms with Gasteiger partial charge in [0.2, 0.25) is 5.91 Å². The van der Waals surface area contributed by atoms with Crippen LogP contribution < -0.4 is 16.6 Å². The van der Waals surface area contributed by atoms with E-state index in [2.05, 4.69) is 15.3 Å². The Kier molecular flexibility index (Phi) is 4.49. The van der Waals surface area contributed by atoms with Gasteiger partial charge in [0, 0.05) is 11.8 Å². The van der Waals surface area contributed by atoms with Gasteiger partial charge in [-0.2, -0.15) is 0 Å². The predicted molar refractivity (Wildman–Crippen MR) is 81.3 cm³/mol. The van der Waals surface area contributed by atoms with Gasteiger partial charge >= 0.3 is 0 Å². The van der Waals surface area contributed by atoms with Gasteiger partial charge in [-0.25, -0.2) is 4.98 Å². The van der Waals surface area contributed by atoms with Gasteiger partial charge in [0.1, 0.15) is 11.6 Å². The number of hydrogen-bond acceptors (Lipinski definition) is 6. The number of nitrogens with one attached hydrogen (secondary N) is 2. The van der Waals surface area contributed by atoms with Crippen molar-refractivity contribution in [2.45, 2.75) is 17.3 Å². The summed E-state index contributed by atoms with van der Waals surface area (Å²) in [5, 5.41) is 11.7. The number of hydrogen-bond donors (Lipinski definition) is 4. The van der Waals surface area contributed by atoms with Gasteiger partial charge < -0.3 is 21.1 Å². The highest BCUT2D eigenvalue weighted by Gasteiger charge is 2.16. The number of carbonyl (C=O) groups is 1. The lowest BCUT2D eigenvalue weighted by atomic mass is 10.3. The standard InChI is InChI=1S/C13H14N4O3S/c1-7(21-13-16-10(14)6-11(19)17-13)12(20)15-8-2-4-9(18)5-3-8/h2-7,18H,1H3,(H,15,20)(H3,14,16,17,19). The first-order chi connectivity index (χ1) is 9.94. The van der Waals surface area contributed by atoms with Crippen LogP contribution >= 0.6 is 11.8 Å². The van der Waals surface area contributed by atoms with Crippen molar-refractivity contribution >= 4 is 29.2 Å². The molecule has 0 aliphatic rings. The third kappa shape index (κ3) is 4.25. The quantitative estimate of drug-likeness (QED) is 0.382. The molecule has 0 saturated heterocycles. The zero-order chi connectivity index (χ0) is 15.4. The van der Waals surface area contributed by atoms with Crippen LogP contribution in [0.2, 0.25) is 0 Å². The summed E-state index contributed by atoms with van der Waals surface area (Å²) in [4.78, 5) is 29.8. The molecule has 0 aliphatic carbocycles. The SMILES string of the molecule is CC(Sc1nc(N)cc(=O)[nH]1)C(=O)Nc1ccc(O)cc1. The molecule has 21 heavy (non-hydrogen) atoms. The Morgan fingerprint density at radius 2 is 2.10 bits per heavy atom. The molecule has 2 rings (SSSR count). The van der Waals surface area contributed by atoms with E-state index < -0.39 is 5.25 Å². The summed E-state index contributed by atoms with van der Waals surface area (Å²) < 4.78 is 0. The van der Waals surface area contributed by atoms with Crippen molar-refractivity contribution in [3.8, 4) is 5.75 Å². The van der Waals surface area contributed by atoms with Gasteiger partial charge in [-0.05, 0) is 31.2 Å². The number of aromatic nitrogens is 2. The number of aromatic amines is 1. The number of nitrogens with two attached hydrogens (primary N) is 1. The number of nitrogens with zero attached hydrogens (tertiary/aromatic N) is 1. The molecule has 110 valence electrons. The predicted octanol–water partition coefficient (Wildman–Crippen LogP) is 1.18. The molecule has 0 aliphatic heterocycles. The third-order valence-corrected chi connectivity index (χ3v) is 3.52. The van der Waals surface area contributed by atoms with Crippen molar-refractivity contribution in [3.05, 3.63) is 40.7 Å². The highest BCUT2D eigenvalue weighted by atomic mass is 32.2. The summed E-state index contributed by atoms with van der Waals surface area (Å²) in [6.45, 7) is 1.68. The number of phenolic OH excluding ortho intramolecular Hbond substituents is 1. The van der Waals surface area contributed by atoms with Crippen molar-refractivity contribution in [2.75, 3.05) is 11.1 Å². The number of benzene rings is 1. The molecular formula is C13H14N4O3S. The molecule has 1 heterocycles. The van der Waals surface area contributed by atoms with Crippen LogP contribution in [0.3, 0.4) is 0 Å². The highest BCUT2D eigenvalue weighted by molar-refractivity contribution is 8.00. The van der Waals surface area contributed by atoms with E-state index in [1.165, 1.54) is 18.2 Å². The van der Waals surface area contributed by atoms with Gasteiger partial charge in [0.25, 0.3) is 5.56 Å². The lowest BCUT2D eigenvalue weighted by Crippen LogP contribution is -2.23. The van der Waals surface area contributed by atoms with Crippen LogP contribution in [0.4, 0.5) is 11.5 Å². The Morgan fingerprint density at radius 1 is 1.43 bits per heavy atom. The maximum Gasteiger partial charge on any atom is 0.253 e. The van der Waals surface area contributed by atoms with Crippen molar-refractivity contribution in [2.24, 2.45) is 0 Å². The van der Waals surface area contributed by atoms with E-state index in [1.807, 2.05) is 0 Å². The summed E-state index contributed by atoms with van der Waals surface area (Å²) in [7, 11) is 0. The molecule has 0 spiro atoms. The average Bonchev–Trinajstić information content (AvgIpc) is 2.40. The maximum absolute atomic E-state index is 12.0. The summed E-state index contributed by atoms with van der Waals surface area (Å²) in [5.74, 6) is -0.0277. The summed E-state index contributed by atoms with van der Waals surface area (Å²) in [6, 6.07) is 7.30. The minimum Gasteiger partial charge on any atom is -0.508 e. The van der Waals surface area contributed by atoms with Crippen molar-refractivity contribution in [1.29, 1.82) is 0 Å². The fourth-order valence-electron chi connectivity index (χ4n) is 1.52. The topological polar surface area (TPSA) is 121 Å². The van der Waals surface area contributed by atoms with Crippen LogP contribution in [-0.4, -0.2) is 26.2 Å². The van der Waals surface area contributed by atoms with Gasteiger partial charge in [-0.3, -0.25) is 9.59 Å². The molecule has 0 radical (unpaired) electrons. The zero-order valence-electron chi connectivity index (χ0n) is 11.2. The van der Waals surface area contributed by atoms with Crippen molar-refractivity contribution in [3.63, 3.8) is 0 Å². The molecule has 7 nitrogen and oxygen atoms in total. The first-order valence-electron chi connectivity index (χ1n) is 6.07. The van der Waals surface area contributed by atoms with Crippen LogP contribution in [0.25, 0.3) is 0 Å². The molecule has 1 atom stereocenters. The molecule has 1 aromatic heterocycles. The number of phenols is 1. The van der Waals surface area contributed by atoms with E-state index >= 15 is 0 Å². The number of aromatic hydroxyl groups is 1. The number of anilines is 2. The first-order valence-corrected chi connectivity index (χ1v) is 6.95. The van der Waals surface area contributed by atoms with Gasteiger partial charge in [-0.15, -0.1) is 0 Å². The summed E-state index contributed by atoms with van der Waals surface area (Å²) in [6.07, 6.45) is 0. The monoisotopic (exact) mass is 306 g/mol. The second-order valence-corrected chi connectivity index (χ2v) is 5.60. The summed E-state index contributed by atoms with van der Waals surface area (Å²) in [5.41, 5.74) is 5.68. The minimum absolute atomic E-state index is 0.104. The number of amides is 1. The molecular weight excluding hydrogens is 292 g/mol. The van der Waals surface area contributed by atoms with Crippen LogP contribution in [0.15, 0.2) is 40.3 Å². The summed E-state index contributed by atoms with van der Waals surface area (Å²) >= 11 is 1.09. The average molecular weight is 306 g/mol. The van der Waals surface area contributed by atoms with Crippen LogP contribution in [0, 0.1) is 0 Å². The second-order valence-electron chi connectivity index (χ2n) is 4.27. The van der Waals surface area contributed by atoms with Gasteiger partial charge in [0.05, 0.1) is 5.25 Å². The molecule has 0 fully saturated rings. The molecule has 1 aromatic carbocycles. The highest BCUT2D eigenvalue weighted by Crippen LogP contribution is 2.21. The Morgan fingerprint density at radius 3 is 2.71 bits per heavy atom. The zero-order valence-corrected chi connectivity index (χ0v) is 12.0. The minimum atomic E-state index is -0.483. The molecule has 8 heteroatoms. The van der Waals surface area contributed by atoms with Crippen LogP contribution in [0.5, 0.6) is 5.75 Å². The lowest BCUT2D eigenvalue weighted by Gasteiger charge is -2.11. The smallest absolute Gasteiger partial charge is 0.253 e. The first kappa shape index (κ1) is 14.9. The van der Waals surface area contributed by atoms with E-state index in [4.69, 9.17) is 5.73 Å². The molecule has 1 amide bonds. The van der Waals surface area contributed by atoms with Crippen LogP contribution in [-0.2, 0) is 4.79 Å². The maximum atomic E-state index is 12.0. The fraction of sp³-hybridized carbons (Fsp3) is 0.154. The molecule has 2 aromatic rings. The van der Waals surface area contributed by atoms with Crippen molar-refractivity contribution in [1.82, 2.24) is 9.97 Å². The largest absolute Gasteiger partial charge is 0.508 e. The molecule has 5 N–H and O–H groups in total. The van der Waals surface area contributed by atoms with E-state index in [1.54, 1.807) is 19.1 Å². The van der Waals surface area contributed by atoms with E-state index in [-0.39, 0.29) is 28.2 Å². The Bertz CT molecular complexity index is 699. The Balaban J connectivity index is 2.02. The second kappa shape index (κ2) is 6.31. The molecule has 0 saturated carbocycles. The number of nitrogen functional groups attached to an aromatic ring is 1. The van der Waals surface area contributed by atoms with Gasteiger partial charge in [0.15, 0.2) is 5.16 Å². The van der Waals surface area contributed by atoms with Gasteiger partial charge in [-0.1, -0.05) is 11.8 Å². The number of H-pyrrole nitrogens is 1. The Labute approximate surface area is 124 Å².